The molecular formula is C28H36O6. The second-order valence-electron chi connectivity index (χ2n) is 9.47. The molecule has 0 aromatic heterocycles. The molecule has 1 aliphatic rings. The monoisotopic (exact) mass is 468 g/mol. The maximum Gasteiger partial charge on any atom is 0.135 e. The second kappa shape index (κ2) is 10.9. The predicted octanol–water partition coefficient (Wildman–Crippen LogP) is 5.31. The summed E-state index contributed by atoms with van der Waals surface area (Å²) in [6.45, 7) is 12.9. The van der Waals surface area contributed by atoms with Crippen LogP contribution in [0.25, 0.3) is 21.5 Å². The number of fused-ring (bicyclic) bond motifs is 2. The lowest BCUT2D eigenvalue weighted by Crippen LogP contribution is -2.27. The van der Waals surface area contributed by atoms with Gasteiger partial charge in [-0.05, 0) is 46.8 Å². The predicted molar refractivity (Wildman–Crippen MR) is 134 cm³/mol. The first-order chi connectivity index (χ1) is 16.3. The van der Waals surface area contributed by atoms with Gasteiger partial charge in [-0.3, -0.25) is 0 Å². The van der Waals surface area contributed by atoms with E-state index in [4.69, 9.17) is 23.7 Å². The highest BCUT2D eigenvalue weighted by atomic mass is 16.6. The number of phenolic OH excluding ortho intramolecular Hbond substituents is 1. The van der Waals surface area contributed by atoms with Crippen molar-refractivity contribution in [2.45, 2.75) is 59.0 Å². The van der Waals surface area contributed by atoms with Gasteiger partial charge in [0.2, 0.25) is 0 Å². The standard InChI is InChI=1S/C28H36O6/c1-17-7-9-24-25(10-17)27(29)23-8-6-18(2)11-26(23)28(24)34-14-21(5)31-12-19(3)30-13-20(4)32-15-22-16-33-22/h6-11,19-22,29H,12-16H2,1-5H3. The van der Waals surface area contributed by atoms with E-state index >= 15 is 0 Å². The number of ether oxygens (including phenoxy) is 5. The number of epoxide rings is 1. The van der Waals surface area contributed by atoms with Gasteiger partial charge in [-0.15, -0.1) is 0 Å². The van der Waals surface area contributed by atoms with E-state index in [9.17, 15) is 5.11 Å². The third kappa shape index (κ3) is 6.19. The van der Waals surface area contributed by atoms with Crippen molar-refractivity contribution in [1.29, 1.82) is 0 Å². The van der Waals surface area contributed by atoms with Gasteiger partial charge < -0.3 is 28.8 Å². The molecule has 0 aliphatic carbocycles. The Morgan fingerprint density at radius 1 is 0.794 bits per heavy atom. The molecule has 1 saturated heterocycles. The fraction of sp³-hybridized carbons (Fsp3) is 0.500. The minimum atomic E-state index is -0.124. The van der Waals surface area contributed by atoms with Gasteiger partial charge in [-0.25, -0.2) is 0 Å². The van der Waals surface area contributed by atoms with Crippen molar-refractivity contribution >= 4 is 21.5 Å². The quantitative estimate of drug-likeness (QED) is 0.287. The molecule has 6 heteroatoms. The highest BCUT2D eigenvalue weighted by Gasteiger charge is 2.23. The minimum absolute atomic E-state index is 0.0237. The molecule has 3 aromatic rings. The van der Waals surface area contributed by atoms with Gasteiger partial charge in [0.1, 0.15) is 24.2 Å². The number of rotatable bonds is 12. The van der Waals surface area contributed by atoms with E-state index in [1.165, 1.54) is 0 Å². The van der Waals surface area contributed by atoms with Gasteiger partial charge in [0.15, 0.2) is 0 Å². The third-order valence-electron chi connectivity index (χ3n) is 6.01. The van der Waals surface area contributed by atoms with Crippen LogP contribution in [0.15, 0.2) is 36.4 Å². The van der Waals surface area contributed by atoms with Crippen molar-refractivity contribution in [3.63, 3.8) is 0 Å². The molecular weight excluding hydrogens is 432 g/mol. The van der Waals surface area contributed by atoms with Crippen molar-refractivity contribution in [2.75, 3.05) is 33.0 Å². The smallest absolute Gasteiger partial charge is 0.135 e. The molecule has 0 saturated carbocycles. The van der Waals surface area contributed by atoms with Crippen LogP contribution in [-0.4, -0.2) is 62.6 Å². The molecule has 1 aliphatic heterocycles. The van der Waals surface area contributed by atoms with Gasteiger partial charge in [0, 0.05) is 21.5 Å². The van der Waals surface area contributed by atoms with Crippen molar-refractivity contribution < 1.29 is 28.8 Å². The maximum atomic E-state index is 10.9. The van der Waals surface area contributed by atoms with E-state index in [1.54, 1.807) is 0 Å². The average Bonchev–Trinajstić information content (AvgIpc) is 3.64. The van der Waals surface area contributed by atoms with E-state index < -0.39 is 0 Å². The van der Waals surface area contributed by atoms with Crippen molar-refractivity contribution in [2.24, 2.45) is 0 Å². The Balaban J connectivity index is 1.36. The van der Waals surface area contributed by atoms with Gasteiger partial charge in [0.05, 0.1) is 44.7 Å². The van der Waals surface area contributed by atoms with Gasteiger partial charge in [-0.1, -0.05) is 35.4 Å². The number of benzene rings is 3. The normalized spacial score (nSPS) is 18.2. The van der Waals surface area contributed by atoms with E-state index in [-0.39, 0.29) is 24.4 Å². The lowest BCUT2D eigenvalue weighted by molar-refractivity contribution is -0.0740. The van der Waals surface area contributed by atoms with Crippen LogP contribution in [-0.2, 0) is 18.9 Å². The summed E-state index contributed by atoms with van der Waals surface area (Å²) in [7, 11) is 0. The number of phenols is 1. The Hall–Kier alpha value is -2.38. The zero-order valence-corrected chi connectivity index (χ0v) is 20.8. The Labute approximate surface area is 201 Å². The van der Waals surface area contributed by atoms with E-state index in [2.05, 4.69) is 6.07 Å². The van der Waals surface area contributed by atoms with Crippen LogP contribution >= 0.6 is 0 Å². The summed E-state index contributed by atoms with van der Waals surface area (Å²) in [6, 6.07) is 12.1. The van der Waals surface area contributed by atoms with E-state index in [1.807, 2.05) is 65.0 Å². The fourth-order valence-electron chi connectivity index (χ4n) is 3.93. The Morgan fingerprint density at radius 2 is 1.35 bits per heavy atom. The topological polar surface area (TPSA) is 69.7 Å². The van der Waals surface area contributed by atoms with Crippen molar-refractivity contribution in [1.82, 2.24) is 0 Å². The average molecular weight is 469 g/mol. The summed E-state index contributed by atoms with van der Waals surface area (Å²) in [5, 5.41) is 14.3. The maximum absolute atomic E-state index is 10.9. The molecule has 34 heavy (non-hydrogen) atoms. The molecule has 0 bridgehead atoms. The van der Waals surface area contributed by atoms with E-state index in [0.29, 0.717) is 32.2 Å². The summed E-state index contributed by atoms with van der Waals surface area (Å²) < 4.78 is 29.0. The lowest BCUT2D eigenvalue weighted by atomic mass is 9.98. The van der Waals surface area contributed by atoms with Crippen LogP contribution in [0, 0.1) is 13.8 Å². The molecule has 1 fully saturated rings. The number of hydrogen-bond acceptors (Lipinski definition) is 6. The van der Waals surface area contributed by atoms with Crippen LogP contribution in [0.5, 0.6) is 11.5 Å². The number of aryl methyl sites for hydroxylation is 2. The first-order valence-electron chi connectivity index (χ1n) is 12.1. The first-order valence-corrected chi connectivity index (χ1v) is 12.1. The highest BCUT2D eigenvalue weighted by Crippen LogP contribution is 2.42. The molecule has 184 valence electrons. The van der Waals surface area contributed by atoms with Gasteiger partial charge in [-0.2, -0.15) is 0 Å². The minimum Gasteiger partial charge on any atom is -0.507 e. The Bertz CT molecular complexity index is 1120. The summed E-state index contributed by atoms with van der Waals surface area (Å²) >= 11 is 0. The van der Waals surface area contributed by atoms with Crippen LogP contribution in [0.2, 0.25) is 0 Å². The molecule has 3 aromatic carbocycles. The second-order valence-corrected chi connectivity index (χ2v) is 9.47. The van der Waals surface area contributed by atoms with Gasteiger partial charge in [0.25, 0.3) is 0 Å². The summed E-state index contributed by atoms with van der Waals surface area (Å²) in [4.78, 5) is 0. The zero-order chi connectivity index (χ0) is 24.2. The molecule has 4 atom stereocenters. The summed E-state index contributed by atoms with van der Waals surface area (Å²) in [5.74, 6) is 1.07. The molecule has 0 amide bonds. The third-order valence-corrected chi connectivity index (χ3v) is 6.01. The largest absolute Gasteiger partial charge is 0.507 e. The molecule has 1 heterocycles. The van der Waals surface area contributed by atoms with Crippen LogP contribution < -0.4 is 4.74 Å². The molecule has 4 rings (SSSR count). The number of aromatic hydroxyl groups is 1. The highest BCUT2D eigenvalue weighted by molar-refractivity contribution is 6.11. The zero-order valence-electron chi connectivity index (χ0n) is 20.8. The molecule has 4 unspecified atom stereocenters. The fourth-order valence-corrected chi connectivity index (χ4v) is 3.93. The lowest BCUT2D eigenvalue weighted by Gasteiger charge is -2.21. The summed E-state index contributed by atoms with van der Waals surface area (Å²) in [6.07, 6.45) is 0.114. The van der Waals surface area contributed by atoms with E-state index in [0.717, 1.165) is 45.0 Å². The molecule has 6 nitrogen and oxygen atoms in total. The van der Waals surface area contributed by atoms with Crippen LogP contribution in [0.4, 0.5) is 0 Å². The van der Waals surface area contributed by atoms with Crippen molar-refractivity contribution in [3.8, 4) is 11.5 Å². The Kier molecular flexibility index (Phi) is 7.94. The summed E-state index contributed by atoms with van der Waals surface area (Å²) in [5.41, 5.74) is 2.20. The molecule has 1 N–H and O–H groups in total. The van der Waals surface area contributed by atoms with Gasteiger partial charge >= 0.3 is 0 Å². The molecule has 0 spiro atoms. The SMILES string of the molecule is Cc1ccc2c(OCC(C)OCC(C)OCC(C)OCC3CO3)c3cc(C)ccc3c(O)c2c1. The van der Waals surface area contributed by atoms with Crippen molar-refractivity contribution in [3.05, 3.63) is 47.5 Å². The van der Waals surface area contributed by atoms with Crippen LogP contribution in [0.1, 0.15) is 31.9 Å². The Morgan fingerprint density at radius 3 is 2.00 bits per heavy atom. The van der Waals surface area contributed by atoms with Crippen LogP contribution in [0.3, 0.4) is 0 Å². The number of hydrogen-bond donors (Lipinski definition) is 1. The molecule has 0 radical (unpaired) electrons. The first kappa shape index (κ1) is 24.7.